The van der Waals surface area contributed by atoms with Crippen LogP contribution in [0.15, 0.2) is 29.3 Å². The molecule has 1 fully saturated rings. The molecule has 2 N–H and O–H groups in total. The molecule has 0 saturated carbocycles. The number of hydrogen-bond acceptors (Lipinski definition) is 4. The lowest BCUT2D eigenvalue weighted by molar-refractivity contribution is -0.127. The van der Waals surface area contributed by atoms with Crippen LogP contribution in [0.1, 0.15) is 30.4 Å². The summed E-state index contributed by atoms with van der Waals surface area (Å²) in [7, 11) is 3.50. The van der Waals surface area contributed by atoms with Crippen molar-refractivity contribution in [1.29, 1.82) is 0 Å². The number of carbonyl (C=O) groups excluding carboxylic acids is 1. The highest BCUT2D eigenvalue weighted by atomic mass is 127. The van der Waals surface area contributed by atoms with Crippen LogP contribution in [0.2, 0.25) is 0 Å². The Morgan fingerprint density at radius 2 is 2.07 bits per heavy atom. The van der Waals surface area contributed by atoms with Crippen molar-refractivity contribution in [2.45, 2.75) is 44.2 Å². The molecule has 1 amide bonds. The van der Waals surface area contributed by atoms with Crippen molar-refractivity contribution in [3.8, 4) is 0 Å². The van der Waals surface area contributed by atoms with Crippen molar-refractivity contribution in [1.82, 2.24) is 15.5 Å². The number of aliphatic imine (C=N–C) groups is 1. The van der Waals surface area contributed by atoms with Crippen LogP contribution >= 0.6 is 24.0 Å². The molecule has 3 rings (SSSR count). The lowest BCUT2D eigenvalue weighted by Gasteiger charge is -2.27. The Morgan fingerprint density at radius 3 is 2.80 bits per heavy atom. The Morgan fingerprint density at radius 1 is 1.27 bits per heavy atom. The van der Waals surface area contributed by atoms with Gasteiger partial charge >= 0.3 is 0 Å². The quantitative estimate of drug-likeness (QED) is 0.233. The molecule has 1 aliphatic heterocycles. The first kappa shape index (κ1) is 24.9. The van der Waals surface area contributed by atoms with Gasteiger partial charge in [0.1, 0.15) is 6.54 Å². The molecule has 0 radical (unpaired) electrons. The van der Waals surface area contributed by atoms with E-state index in [2.05, 4.69) is 39.9 Å². The molecule has 1 heterocycles. The minimum atomic E-state index is -0.00958. The van der Waals surface area contributed by atoms with E-state index >= 15 is 0 Å². The van der Waals surface area contributed by atoms with Gasteiger partial charge in [-0.1, -0.05) is 24.3 Å². The minimum Gasteiger partial charge on any atom is -0.379 e. The van der Waals surface area contributed by atoms with E-state index in [0.29, 0.717) is 25.2 Å². The average molecular weight is 530 g/mol. The Bertz CT molecular complexity index is 693. The van der Waals surface area contributed by atoms with Gasteiger partial charge in [-0.15, -0.1) is 24.0 Å². The van der Waals surface area contributed by atoms with Crippen molar-refractivity contribution in [2.75, 3.05) is 47.0 Å². The molecule has 0 bridgehead atoms. The zero-order valence-electron chi connectivity index (χ0n) is 18.1. The number of hydrogen-bond donors (Lipinski definition) is 2. The van der Waals surface area contributed by atoms with Gasteiger partial charge in [-0.2, -0.15) is 0 Å². The van der Waals surface area contributed by atoms with E-state index in [1.54, 1.807) is 19.0 Å². The predicted molar refractivity (Wildman–Crippen MR) is 130 cm³/mol. The van der Waals surface area contributed by atoms with Crippen molar-refractivity contribution in [3.05, 3.63) is 35.4 Å². The van der Waals surface area contributed by atoms with Crippen LogP contribution in [0, 0.1) is 0 Å². The smallest absolute Gasteiger partial charge is 0.243 e. The Balaban J connectivity index is 0.00000320. The highest BCUT2D eigenvalue weighted by Crippen LogP contribution is 2.20. The van der Waals surface area contributed by atoms with Crippen molar-refractivity contribution in [3.63, 3.8) is 0 Å². The molecule has 2 atom stereocenters. The maximum atomic E-state index is 12.0. The molecule has 7 nitrogen and oxygen atoms in total. The van der Waals surface area contributed by atoms with Crippen molar-refractivity contribution in [2.24, 2.45) is 4.99 Å². The number of halogens is 1. The molecular weight excluding hydrogens is 495 g/mol. The Kier molecular flexibility index (Phi) is 10.9. The van der Waals surface area contributed by atoms with Gasteiger partial charge in [0, 0.05) is 39.9 Å². The second kappa shape index (κ2) is 13.1. The highest BCUT2D eigenvalue weighted by Gasteiger charge is 2.19. The summed E-state index contributed by atoms with van der Waals surface area (Å²) in [5.74, 6) is 0.693. The predicted octanol–water partition coefficient (Wildman–Crippen LogP) is 1.98. The highest BCUT2D eigenvalue weighted by molar-refractivity contribution is 14.0. The molecule has 1 aromatic rings. The third kappa shape index (κ3) is 8.03. The maximum Gasteiger partial charge on any atom is 0.243 e. The first-order valence-corrected chi connectivity index (χ1v) is 10.6. The fourth-order valence-corrected chi connectivity index (χ4v) is 3.63. The number of nitrogens with zero attached hydrogens (tertiary/aromatic N) is 2. The molecule has 8 heteroatoms. The van der Waals surface area contributed by atoms with Crippen LogP contribution in [-0.4, -0.2) is 75.9 Å². The van der Waals surface area contributed by atoms with Gasteiger partial charge < -0.3 is 25.0 Å². The van der Waals surface area contributed by atoms with Gasteiger partial charge in [0.15, 0.2) is 5.96 Å². The van der Waals surface area contributed by atoms with Crippen molar-refractivity contribution < 1.29 is 14.3 Å². The molecular formula is C22H35IN4O3. The SMILES string of the molecule is CN(C)C(=O)CN=C(NCCCOC1CCOC1)NC1CCc2ccccc2C1.I. The first-order valence-electron chi connectivity index (χ1n) is 10.6. The van der Waals surface area contributed by atoms with E-state index < -0.39 is 0 Å². The molecule has 1 aromatic carbocycles. The summed E-state index contributed by atoms with van der Waals surface area (Å²) >= 11 is 0. The number of benzene rings is 1. The minimum absolute atomic E-state index is 0. The second-order valence-electron chi connectivity index (χ2n) is 7.94. The van der Waals surface area contributed by atoms with Crippen LogP contribution in [-0.2, 0) is 27.1 Å². The Labute approximate surface area is 197 Å². The van der Waals surface area contributed by atoms with Crippen LogP contribution in [0.25, 0.3) is 0 Å². The van der Waals surface area contributed by atoms with Gasteiger partial charge in [-0.05, 0) is 43.2 Å². The lowest BCUT2D eigenvalue weighted by atomic mass is 9.88. The van der Waals surface area contributed by atoms with Crippen LogP contribution < -0.4 is 10.6 Å². The molecule has 0 aromatic heterocycles. The van der Waals surface area contributed by atoms with E-state index in [-0.39, 0.29) is 42.5 Å². The largest absolute Gasteiger partial charge is 0.379 e. The summed E-state index contributed by atoms with van der Waals surface area (Å²) < 4.78 is 11.1. The van der Waals surface area contributed by atoms with Crippen LogP contribution in [0.4, 0.5) is 0 Å². The fourth-order valence-electron chi connectivity index (χ4n) is 3.63. The fraction of sp³-hybridized carbons (Fsp3) is 0.636. The molecule has 0 spiro atoms. The zero-order valence-corrected chi connectivity index (χ0v) is 20.4. The van der Waals surface area contributed by atoms with Gasteiger partial charge in [-0.3, -0.25) is 4.79 Å². The summed E-state index contributed by atoms with van der Waals surface area (Å²) in [5.41, 5.74) is 2.83. The molecule has 2 aliphatic rings. The normalized spacial score (nSPS) is 20.8. The van der Waals surface area contributed by atoms with Crippen molar-refractivity contribution >= 4 is 35.8 Å². The summed E-state index contributed by atoms with van der Waals surface area (Å²) in [4.78, 5) is 18.0. The van der Waals surface area contributed by atoms with Gasteiger partial charge in [0.25, 0.3) is 0 Å². The number of nitrogens with one attached hydrogen (secondary N) is 2. The number of fused-ring (bicyclic) bond motifs is 1. The van der Waals surface area contributed by atoms with Crippen LogP contribution in [0.3, 0.4) is 0 Å². The summed E-state index contributed by atoms with van der Waals surface area (Å²) in [5, 5.41) is 6.90. The van der Waals surface area contributed by atoms with E-state index in [4.69, 9.17) is 9.47 Å². The van der Waals surface area contributed by atoms with E-state index in [9.17, 15) is 4.79 Å². The van der Waals surface area contributed by atoms with Gasteiger partial charge in [-0.25, -0.2) is 4.99 Å². The van der Waals surface area contributed by atoms with E-state index in [0.717, 1.165) is 45.3 Å². The third-order valence-electron chi connectivity index (χ3n) is 5.41. The number of rotatable bonds is 8. The first-order chi connectivity index (χ1) is 14.1. The number of carbonyl (C=O) groups is 1. The zero-order chi connectivity index (χ0) is 20.5. The van der Waals surface area contributed by atoms with Crippen LogP contribution in [0.5, 0.6) is 0 Å². The topological polar surface area (TPSA) is 75.2 Å². The number of ether oxygens (including phenoxy) is 2. The third-order valence-corrected chi connectivity index (χ3v) is 5.41. The molecule has 2 unspecified atom stereocenters. The standard InChI is InChI=1S/C22H34N4O3.HI/c1-26(2)21(27)15-24-22(23-11-5-12-29-20-10-13-28-16-20)25-19-9-8-17-6-3-4-7-18(17)14-19;/h3-4,6-7,19-20H,5,8-16H2,1-2H3,(H2,23,24,25);1H. The molecule has 30 heavy (non-hydrogen) atoms. The number of aryl methyl sites for hydroxylation is 1. The lowest BCUT2D eigenvalue weighted by Crippen LogP contribution is -2.46. The summed E-state index contributed by atoms with van der Waals surface area (Å²) in [6, 6.07) is 8.93. The monoisotopic (exact) mass is 530 g/mol. The second-order valence-corrected chi connectivity index (χ2v) is 7.94. The molecule has 168 valence electrons. The summed E-state index contributed by atoms with van der Waals surface area (Å²) in [6.45, 7) is 3.09. The number of amides is 1. The Hall–Kier alpha value is -1.39. The number of guanidine groups is 1. The molecule has 1 saturated heterocycles. The van der Waals surface area contributed by atoms with Gasteiger partial charge in [0.2, 0.25) is 5.91 Å². The number of likely N-dealkylation sites (N-methyl/N-ethyl adjacent to an activating group) is 1. The summed E-state index contributed by atoms with van der Waals surface area (Å²) in [6.07, 6.45) is 5.20. The molecule has 1 aliphatic carbocycles. The van der Waals surface area contributed by atoms with E-state index in [1.807, 2.05) is 0 Å². The van der Waals surface area contributed by atoms with Gasteiger partial charge in [0.05, 0.1) is 12.7 Å². The maximum absolute atomic E-state index is 12.0. The van der Waals surface area contributed by atoms with E-state index in [1.165, 1.54) is 11.1 Å². The average Bonchev–Trinajstić information content (AvgIpc) is 3.24.